The fraction of sp³-hybridized carbons (Fsp3) is 0.929. The molecule has 0 saturated carbocycles. The van der Waals surface area contributed by atoms with E-state index in [0.29, 0.717) is 19.1 Å². The molecule has 0 spiro atoms. The lowest BCUT2D eigenvalue weighted by molar-refractivity contribution is -0.144. The molecule has 108 valence electrons. The topological polar surface area (TPSA) is 58.6 Å². The van der Waals surface area contributed by atoms with Gasteiger partial charge in [-0.05, 0) is 53.4 Å². The molecule has 0 aliphatic heterocycles. The smallest absolute Gasteiger partial charge is 0.323 e. The van der Waals surface area contributed by atoms with Gasteiger partial charge in [0.2, 0.25) is 0 Å². The first-order valence-electron chi connectivity index (χ1n) is 6.94. The second kappa shape index (κ2) is 8.48. The zero-order valence-corrected chi connectivity index (χ0v) is 12.5. The molecule has 2 N–H and O–H groups in total. The van der Waals surface area contributed by atoms with Gasteiger partial charge in [-0.1, -0.05) is 6.92 Å². The molecule has 0 radical (unpaired) electrons. The maximum Gasteiger partial charge on any atom is 0.323 e. The molecular weight excluding hydrogens is 230 g/mol. The molecule has 0 rings (SSSR count). The van der Waals surface area contributed by atoms with Crippen molar-refractivity contribution in [1.82, 2.24) is 5.32 Å². The quantitative estimate of drug-likeness (QED) is 0.592. The van der Waals surface area contributed by atoms with Crippen LogP contribution in [-0.2, 0) is 9.53 Å². The molecule has 0 aromatic carbocycles. The van der Waals surface area contributed by atoms with Gasteiger partial charge in [0, 0.05) is 12.6 Å². The molecule has 0 fully saturated rings. The minimum absolute atomic E-state index is 0.169. The summed E-state index contributed by atoms with van der Waals surface area (Å²) in [5, 5.41) is 12.4. The SMILES string of the molecule is CCC(C)OCCCCC(C)(NC(C)C)C(=O)O. The van der Waals surface area contributed by atoms with Gasteiger partial charge in [-0.15, -0.1) is 0 Å². The molecule has 18 heavy (non-hydrogen) atoms. The van der Waals surface area contributed by atoms with Crippen molar-refractivity contribution in [3.63, 3.8) is 0 Å². The van der Waals surface area contributed by atoms with Crippen molar-refractivity contribution in [2.75, 3.05) is 6.61 Å². The highest BCUT2D eigenvalue weighted by Gasteiger charge is 2.32. The number of rotatable bonds is 10. The Balaban J connectivity index is 3.95. The Morgan fingerprint density at radius 2 is 1.94 bits per heavy atom. The van der Waals surface area contributed by atoms with E-state index in [1.165, 1.54) is 0 Å². The van der Waals surface area contributed by atoms with Crippen LogP contribution in [0.15, 0.2) is 0 Å². The van der Waals surface area contributed by atoms with Gasteiger partial charge in [0.1, 0.15) is 5.54 Å². The van der Waals surface area contributed by atoms with Crippen LogP contribution in [-0.4, -0.2) is 35.4 Å². The third-order valence-electron chi connectivity index (χ3n) is 3.13. The Morgan fingerprint density at radius 3 is 2.39 bits per heavy atom. The lowest BCUT2D eigenvalue weighted by Gasteiger charge is -2.28. The summed E-state index contributed by atoms with van der Waals surface area (Å²) in [6.45, 7) is 10.6. The summed E-state index contributed by atoms with van der Waals surface area (Å²) in [5.74, 6) is -0.779. The number of aliphatic carboxylic acids is 1. The fourth-order valence-corrected chi connectivity index (χ4v) is 1.86. The summed E-state index contributed by atoms with van der Waals surface area (Å²) in [6.07, 6.45) is 3.71. The average molecular weight is 259 g/mol. The number of hydrogen-bond donors (Lipinski definition) is 2. The lowest BCUT2D eigenvalue weighted by atomic mass is 9.94. The van der Waals surface area contributed by atoms with Crippen LogP contribution in [0.3, 0.4) is 0 Å². The van der Waals surface area contributed by atoms with Crippen LogP contribution in [0.2, 0.25) is 0 Å². The number of carbonyl (C=O) groups is 1. The molecule has 0 aliphatic carbocycles. The highest BCUT2D eigenvalue weighted by molar-refractivity contribution is 5.78. The highest BCUT2D eigenvalue weighted by atomic mass is 16.5. The van der Waals surface area contributed by atoms with E-state index in [9.17, 15) is 9.90 Å². The average Bonchev–Trinajstić information content (AvgIpc) is 2.27. The lowest BCUT2D eigenvalue weighted by Crippen LogP contribution is -2.52. The summed E-state index contributed by atoms with van der Waals surface area (Å²) in [4.78, 5) is 11.3. The third-order valence-corrected chi connectivity index (χ3v) is 3.13. The fourth-order valence-electron chi connectivity index (χ4n) is 1.86. The molecule has 0 heterocycles. The van der Waals surface area contributed by atoms with Crippen LogP contribution < -0.4 is 5.32 Å². The number of carboxylic acid groups (broad SMARTS) is 1. The van der Waals surface area contributed by atoms with Gasteiger partial charge in [-0.2, -0.15) is 0 Å². The summed E-state index contributed by atoms with van der Waals surface area (Å²) >= 11 is 0. The van der Waals surface area contributed by atoms with Crippen molar-refractivity contribution in [1.29, 1.82) is 0 Å². The normalized spacial score (nSPS) is 16.6. The van der Waals surface area contributed by atoms with Crippen molar-refractivity contribution in [3.05, 3.63) is 0 Å². The van der Waals surface area contributed by atoms with E-state index in [4.69, 9.17) is 4.74 Å². The van der Waals surface area contributed by atoms with Crippen LogP contribution in [0, 0.1) is 0 Å². The van der Waals surface area contributed by atoms with Gasteiger partial charge in [0.05, 0.1) is 6.10 Å². The van der Waals surface area contributed by atoms with Crippen molar-refractivity contribution < 1.29 is 14.6 Å². The van der Waals surface area contributed by atoms with E-state index in [1.54, 1.807) is 6.92 Å². The van der Waals surface area contributed by atoms with Crippen LogP contribution in [0.1, 0.15) is 60.3 Å². The standard InChI is InChI=1S/C14H29NO3/c1-6-12(4)18-10-8-7-9-14(5,13(16)17)15-11(2)3/h11-12,15H,6-10H2,1-5H3,(H,16,17). The Hall–Kier alpha value is -0.610. The molecule has 2 unspecified atom stereocenters. The van der Waals surface area contributed by atoms with Gasteiger partial charge >= 0.3 is 5.97 Å². The molecule has 0 amide bonds. The van der Waals surface area contributed by atoms with E-state index < -0.39 is 11.5 Å². The molecule has 0 bridgehead atoms. The summed E-state index contributed by atoms with van der Waals surface area (Å²) in [6, 6.07) is 0.169. The Kier molecular flexibility index (Phi) is 8.20. The minimum Gasteiger partial charge on any atom is -0.480 e. The van der Waals surface area contributed by atoms with Crippen LogP contribution in [0.25, 0.3) is 0 Å². The molecule has 0 saturated heterocycles. The summed E-state index contributed by atoms with van der Waals surface area (Å²) in [5.41, 5.74) is -0.829. The van der Waals surface area contributed by atoms with Crippen molar-refractivity contribution in [2.45, 2.75) is 78.0 Å². The second-order valence-electron chi connectivity index (χ2n) is 5.48. The van der Waals surface area contributed by atoms with E-state index >= 15 is 0 Å². The van der Waals surface area contributed by atoms with Crippen molar-refractivity contribution in [2.24, 2.45) is 0 Å². The molecule has 4 heteroatoms. The molecule has 0 aromatic heterocycles. The van der Waals surface area contributed by atoms with Gasteiger partial charge < -0.3 is 9.84 Å². The molecular formula is C14H29NO3. The summed E-state index contributed by atoms with van der Waals surface area (Å²) in [7, 11) is 0. The van der Waals surface area contributed by atoms with Gasteiger partial charge in [-0.3, -0.25) is 10.1 Å². The number of nitrogens with one attached hydrogen (secondary N) is 1. The van der Waals surface area contributed by atoms with Crippen molar-refractivity contribution in [3.8, 4) is 0 Å². The van der Waals surface area contributed by atoms with Gasteiger partial charge in [-0.25, -0.2) is 0 Å². The first kappa shape index (κ1) is 17.4. The number of carboxylic acids is 1. The minimum atomic E-state index is -0.829. The Morgan fingerprint density at radius 1 is 1.33 bits per heavy atom. The predicted molar refractivity (Wildman–Crippen MR) is 73.9 cm³/mol. The number of ether oxygens (including phenoxy) is 1. The van der Waals surface area contributed by atoms with E-state index in [0.717, 1.165) is 19.3 Å². The van der Waals surface area contributed by atoms with Crippen LogP contribution in [0.4, 0.5) is 0 Å². The van der Waals surface area contributed by atoms with Crippen LogP contribution >= 0.6 is 0 Å². The largest absolute Gasteiger partial charge is 0.480 e. The number of unbranched alkanes of at least 4 members (excludes halogenated alkanes) is 1. The highest BCUT2D eigenvalue weighted by Crippen LogP contribution is 2.15. The molecule has 4 nitrogen and oxygen atoms in total. The predicted octanol–water partition coefficient (Wildman–Crippen LogP) is 2.81. The maximum absolute atomic E-state index is 11.3. The van der Waals surface area contributed by atoms with Crippen molar-refractivity contribution >= 4 is 5.97 Å². The van der Waals surface area contributed by atoms with E-state index in [1.807, 2.05) is 13.8 Å². The zero-order valence-electron chi connectivity index (χ0n) is 12.5. The van der Waals surface area contributed by atoms with E-state index in [2.05, 4.69) is 19.2 Å². The van der Waals surface area contributed by atoms with E-state index in [-0.39, 0.29) is 6.04 Å². The Labute approximate surface area is 111 Å². The molecule has 2 atom stereocenters. The second-order valence-corrected chi connectivity index (χ2v) is 5.48. The van der Waals surface area contributed by atoms with Crippen LogP contribution in [0.5, 0.6) is 0 Å². The van der Waals surface area contributed by atoms with Gasteiger partial charge in [0.15, 0.2) is 0 Å². The third kappa shape index (κ3) is 6.97. The first-order chi connectivity index (χ1) is 8.31. The number of hydrogen-bond acceptors (Lipinski definition) is 3. The molecule has 0 aliphatic rings. The first-order valence-corrected chi connectivity index (χ1v) is 6.94. The van der Waals surface area contributed by atoms with Gasteiger partial charge in [0.25, 0.3) is 0 Å². The summed E-state index contributed by atoms with van der Waals surface area (Å²) < 4.78 is 5.58. The zero-order chi connectivity index (χ0) is 14.2. The molecule has 0 aromatic rings. The monoisotopic (exact) mass is 259 g/mol. The maximum atomic E-state index is 11.3. The Bertz CT molecular complexity index is 243.